The van der Waals surface area contributed by atoms with E-state index in [0.29, 0.717) is 11.3 Å². The standard InChI is InChI=1S/C30H31F3N2O2S2/c1-18(2)21-11-7-8-12-22(21)26(35-39(37)28(3,4)5)25-16-19-10-9-13-23(27(19)38-25)24-17-20(14-15-34-24)29(6,36)30(31,32)33/h7-17,26,35-36H,1H2,2-6H3/t26?,29-,39-/m0/s1. The second-order valence-electron chi connectivity index (χ2n) is 10.7. The summed E-state index contributed by atoms with van der Waals surface area (Å²) in [5.74, 6) is 0. The van der Waals surface area contributed by atoms with Crippen LogP contribution in [0.3, 0.4) is 0 Å². The van der Waals surface area contributed by atoms with Crippen LogP contribution in [0.5, 0.6) is 0 Å². The third-order valence-corrected chi connectivity index (χ3v) is 9.32. The maximum absolute atomic E-state index is 13.5. The van der Waals surface area contributed by atoms with Gasteiger partial charge >= 0.3 is 6.18 Å². The molecule has 2 aromatic carbocycles. The van der Waals surface area contributed by atoms with E-state index in [0.717, 1.165) is 38.6 Å². The summed E-state index contributed by atoms with van der Waals surface area (Å²) in [6.45, 7) is 12.5. The Morgan fingerprint density at radius 2 is 1.74 bits per heavy atom. The molecule has 1 unspecified atom stereocenters. The lowest BCUT2D eigenvalue weighted by Gasteiger charge is -2.26. The van der Waals surface area contributed by atoms with E-state index in [2.05, 4.69) is 16.3 Å². The number of aliphatic hydroxyl groups is 1. The predicted octanol–water partition coefficient (Wildman–Crippen LogP) is 7.91. The number of benzene rings is 2. The summed E-state index contributed by atoms with van der Waals surface area (Å²) in [6.07, 6.45) is -3.57. The number of hydrogen-bond donors (Lipinski definition) is 2. The number of hydrogen-bond acceptors (Lipinski definition) is 4. The van der Waals surface area contributed by atoms with Gasteiger partial charge in [-0.05, 0) is 74.9 Å². The molecule has 0 radical (unpaired) electrons. The van der Waals surface area contributed by atoms with Crippen molar-refractivity contribution in [1.29, 1.82) is 0 Å². The molecule has 0 amide bonds. The SMILES string of the molecule is C=C(C)c1ccccc1C(N[S@@](=O)C(C)(C)C)c1cc2cccc(-c3cc([C@](C)(O)C(F)(F)F)ccn3)c2s1. The first-order chi connectivity index (χ1) is 18.1. The maximum atomic E-state index is 13.5. The van der Waals surface area contributed by atoms with Crippen molar-refractivity contribution in [3.63, 3.8) is 0 Å². The minimum Gasteiger partial charge on any atom is -0.376 e. The fourth-order valence-corrected chi connectivity index (χ4v) is 6.32. The molecule has 2 heterocycles. The third kappa shape index (κ3) is 5.87. The molecule has 0 aliphatic heterocycles. The highest BCUT2D eigenvalue weighted by Gasteiger charge is 2.51. The Morgan fingerprint density at radius 1 is 1.05 bits per heavy atom. The number of rotatable bonds is 7. The van der Waals surface area contributed by atoms with Crippen molar-refractivity contribution in [2.75, 3.05) is 0 Å². The van der Waals surface area contributed by atoms with E-state index in [1.807, 2.05) is 70.2 Å². The van der Waals surface area contributed by atoms with E-state index in [1.165, 1.54) is 29.7 Å². The Balaban J connectivity index is 1.88. The van der Waals surface area contributed by atoms with Crippen LogP contribution >= 0.6 is 11.3 Å². The molecule has 0 spiro atoms. The van der Waals surface area contributed by atoms with E-state index in [9.17, 15) is 22.5 Å². The summed E-state index contributed by atoms with van der Waals surface area (Å²) in [7, 11) is -1.39. The molecule has 0 saturated carbocycles. The first-order valence-corrected chi connectivity index (χ1v) is 14.3. The van der Waals surface area contributed by atoms with Crippen LogP contribution in [0, 0.1) is 0 Å². The molecule has 0 saturated heterocycles. The van der Waals surface area contributed by atoms with Gasteiger partial charge in [0.25, 0.3) is 0 Å². The van der Waals surface area contributed by atoms with Crippen LogP contribution < -0.4 is 4.72 Å². The Labute approximate surface area is 233 Å². The highest BCUT2D eigenvalue weighted by Crippen LogP contribution is 2.42. The topological polar surface area (TPSA) is 62.2 Å². The van der Waals surface area contributed by atoms with Gasteiger partial charge < -0.3 is 5.11 Å². The first kappa shape index (κ1) is 29.1. The minimum atomic E-state index is -4.84. The summed E-state index contributed by atoms with van der Waals surface area (Å²) in [6, 6.07) is 17.4. The van der Waals surface area contributed by atoms with Crippen LogP contribution in [0.4, 0.5) is 13.2 Å². The quantitative estimate of drug-likeness (QED) is 0.237. The van der Waals surface area contributed by atoms with Crippen molar-refractivity contribution in [1.82, 2.24) is 9.71 Å². The molecule has 4 aromatic rings. The van der Waals surface area contributed by atoms with E-state index >= 15 is 0 Å². The van der Waals surface area contributed by atoms with Crippen LogP contribution in [0.2, 0.25) is 0 Å². The van der Waals surface area contributed by atoms with Gasteiger partial charge in [-0.1, -0.05) is 54.6 Å². The number of nitrogens with zero attached hydrogens (tertiary/aromatic N) is 1. The third-order valence-electron chi connectivity index (χ3n) is 6.51. The average Bonchev–Trinajstić information content (AvgIpc) is 3.30. The molecule has 0 bridgehead atoms. The van der Waals surface area contributed by atoms with Gasteiger partial charge in [0, 0.05) is 21.3 Å². The van der Waals surface area contributed by atoms with Crippen LogP contribution in [0.15, 0.2) is 73.4 Å². The number of allylic oxidation sites excluding steroid dienone is 1. The average molecular weight is 573 g/mol. The Kier molecular flexibility index (Phi) is 7.93. The normalized spacial score (nSPS) is 15.6. The Bertz CT molecular complexity index is 1550. The lowest BCUT2D eigenvalue weighted by Crippen LogP contribution is -2.39. The molecule has 0 aliphatic rings. The molecule has 39 heavy (non-hydrogen) atoms. The van der Waals surface area contributed by atoms with Crippen LogP contribution in [0.25, 0.3) is 26.9 Å². The van der Waals surface area contributed by atoms with Crippen molar-refractivity contribution in [3.05, 3.63) is 95.0 Å². The lowest BCUT2D eigenvalue weighted by molar-refractivity contribution is -0.258. The molecule has 9 heteroatoms. The summed E-state index contributed by atoms with van der Waals surface area (Å²) < 4.78 is 57.5. The van der Waals surface area contributed by atoms with Crippen LogP contribution in [-0.4, -0.2) is 25.2 Å². The zero-order valence-electron chi connectivity index (χ0n) is 22.4. The van der Waals surface area contributed by atoms with Crippen molar-refractivity contribution in [3.8, 4) is 11.3 Å². The summed E-state index contributed by atoms with van der Waals surface area (Å²) in [5, 5.41) is 11.1. The number of aromatic nitrogens is 1. The van der Waals surface area contributed by atoms with E-state index in [-0.39, 0.29) is 5.56 Å². The smallest absolute Gasteiger partial charge is 0.376 e. The van der Waals surface area contributed by atoms with Crippen molar-refractivity contribution < 1.29 is 22.5 Å². The molecule has 0 fully saturated rings. The zero-order chi connectivity index (χ0) is 28.8. The van der Waals surface area contributed by atoms with E-state index in [4.69, 9.17) is 0 Å². The molecule has 2 aromatic heterocycles. The van der Waals surface area contributed by atoms with Crippen molar-refractivity contribution in [2.24, 2.45) is 0 Å². The highest BCUT2D eigenvalue weighted by atomic mass is 32.2. The largest absolute Gasteiger partial charge is 0.421 e. The molecule has 206 valence electrons. The molecular formula is C30H31F3N2O2S2. The molecule has 4 rings (SSSR count). The second-order valence-corrected chi connectivity index (χ2v) is 13.8. The van der Waals surface area contributed by atoms with Gasteiger partial charge in [-0.25, -0.2) is 8.93 Å². The Morgan fingerprint density at radius 3 is 2.38 bits per heavy atom. The van der Waals surface area contributed by atoms with Crippen molar-refractivity contribution in [2.45, 2.75) is 57.2 Å². The van der Waals surface area contributed by atoms with Crippen LogP contribution in [-0.2, 0) is 16.6 Å². The molecule has 3 atom stereocenters. The minimum absolute atomic E-state index is 0.288. The molecular weight excluding hydrogens is 541 g/mol. The van der Waals surface area contributed by atoms with Gasteiger partial charge in [0.15, 0.2) is 5.60 Å². The summed E-state index contributed by atoms with van der Waals surface area (Å²) >= 11 is 1.46. The van der Waals surface area contributed by atoms with Gasteiger partial charge in [0.1, 0.15) is 0 Å². The van der Waals surface area contributed by atoms with E-state index in [1.54, 1.807) is 6.07 Å². The van der Waals surface area contributed by atoms with E-state index < -0.39 is 33.6 Å². The maximum Gasteiger partial charge on any atom is 0.421 e. The second kappa shape index (κ2) is 10.6. The number of nitrogens with one attached hydrogen (secondary N) is 1. The number of fused-ring (bicyclic) bond motifs is 1. The predicted molar refractivity (Wildman–Crippen MR) is 155 cm³/mol. The van der Waals surface area contributed by atoms with Gasteiger partial charge in [-0.2, -0.15) is 13.2 Å². The monoisotopic (exact) mass is 572 g/mol. The number of pyridine rings is 1. The zero-order valence-corrected chi connectivity index (χ0v) is 24.0. The number of thiophene rings is 1. The Hall–Kier alpha value is -2.85. The fraction of sp³-hybridized carbons (Fsp3) is 0.300. The van der Waals surface area contributed by atoms with Gasteiger partial charge in [-0.15, -0.1) is 11.3 Å². The fourth-order valence-electron chi connectivity index (χ4n) is 4.17. The number of halogens is 3. The van der Waals surface area contributed by atoms with Gasteiger partial charge in [0.05, 0.1) is 27.5 Å². The lowest BCUT2D eigenvalue weighted by atomic mass is 9.94. The van der Waals surface area contributed by atoms with Crippen LogP contribution in [0.1, 0.15) is 62.2 Å². The highest BCUT2D eigenvalue weighted by molar-refractivity contribution is 7.84. The first-order valence-electron chi connectivity index (χ1n) is 12.3. The molecule has 0 aliphatic carbocycles. The molecule has 4 nitrogen and oxygen atoms in total. The summed E-state index contributed by atoms with van der Waals surface area (Å²) in [4.78, 5) is 5.23. The number of alkyl halides is 3. The van der Waals surface area contributed by atoms with Gasteiger partial charge in [0.2, 0.25) is 0 Å². The van der Waals surface area contributed by atoms with Crippen molar-refractivity contribution >= 4 is 38.0 Å². The molecule has 2 N–H and O–H groups in total. The summed E-state index contributed by atoms with van der Waals surface area (Å²) in [5.41, 5.74) is 0.410. The van der Waals surface area contributed by atoms with Gasteiger partial charge in [-0.3, -0.25) is 4.98 Å².